The molecule has 0 heterocycles. The molecule has 0 saturated carbocycles. The number of thioether (sulfide) groups is 1. The largest absolute Gasteiger partial charge is 0.401 e. The predicted molar refractivity (Wildman–Crippen MR) is 82.2 cm³/mol. The number of hydrogen-bond acceptors (Lipinski definition) is 3. The zero-order chi connectivity index (χ0) is 16.9. The first-order valence-corrected chi connectivity index (χ1v) is 8.57. The summed E-state index contributed by atoms with van der Waals surface area (Å²) in [5.41, 5.74) is 0. The number of hydrogen-bond donors (Lipinski definition) is 0. The van der Waals surface area contributed by atoms with Gasteiger partial charge in [-0.15, -0.1) is 11.8 Å². The fourth-order valence-corrected chi connectivity index (χ4v) is 3.88. The first kappa shape index (κ1) is 17.8. The highest BCUT2D eigenvalue weighted by Gasteiger charge is 2.42. The smallest absolute Gasteiger partial charge is 0.401 e. The van der Waals surface area contributed by atoms with Gasteiger partial charge in [-0.25, -0.2) is 8.60 Å². The molecule has 1 unspecified atom stereocenters. The van der Waals surface area contributed by atoms with Crippen molar-refractivity contribution in [2.45, 2.75) is 16.3 Å². The van der Waals surface area contributed by atoms with E-state index in [1.165, 1.54) is 24.3 Å². The van der Waals surface area contributed by atoms with E-state index < -0.39 is 34.1 Å². The molecule has 0 fully saturated rings. The van der Waals surface area contributed by atoms with Crippen molar-refractivity contribution < 1.29 is 26.0 Å². The molecular formula is C15H12F4O2S2. The Kier molecular flexibility index (Phi) is 6.06. The van der Waals surface area contributed by atoms with Crippen LogP contribution in [0.4, 0.5) is 17.6 Å². The van der Waals surface area contributed by atoms with Crippen molar-refractivity contribution in [2.24, 2.45) is 0 Å². The molecule has 2 rings (SSSR count). The molecule has 0 N–H and O–H groups in total. The van der Waals surface area contributed by atoms with Crippen LogP contribution in [0, 0.1) is 5.82 Å². The van der Waals surface area contributed by atoms with Crippen LogP contribution in [0.3, 0.4) is 0 Å². The first-order chi connectivity index (χ1) is 10.8. The fourth-order valence-electron chi connectivity index (χ4n) is 1.64. The lowest BCUT2D eigenvalue weighted by Gasteiger charge is -2.19. The second-order valence-electron chi connectivity index (χ2n) is 4.47. The van der Waals surface area contributed by atoms with Gasteiger partial charge in [0.25, 0.3) is 0 Å². The van der Waals surface area contributed by atoms with Gasteiger partial charge >= 0.3 is 6.18 Å². The molecule has 2 aromatic rings. The van der Waals surface area contributed by atoms with Crippen molar-refractivity contribution in [3.8, 4) is 5.75 Å². The highest BCUT2D eigenvalue weighted by Crippen LogP contribution is 2.36. The quantitative estimate of drug-likeness (QED) is 0.554. The van der Waals surface area contributed by atoms with Crippen LogP contribution in [0.2, 0.25) is 0 Å². The standard InChI is InChI=1S/C15H12F4O2S2/c16-11-5-4-8-13(9-11)22-14(15(17,18)19)10-23(20)21-12-6-2-1-3-7-12/h1-9,14H,10H2/t14-,23?/m1/s1. The molecule has 2 aromatic carbocycles. The minimum atomic E-state index is -4.59. The Balaban J connectivity index is 2.05. The number of benzene rings is 2. The van der Waals surface area contributed by atoms with E-state index in [9.17, 15) is 21.8 Å². The molecule has 0 amide bonds. The van der Waals surface area contributed by atoms with Gasteiger partial charge in [-0.05, 0) is 30.3 Å². The summed E-state index contributed by atoms with van der Waals surface area (Å²) in [5, 5.41) is -1.96. The lowest BCUT2D eigenvalue weighted by molar-refractivity contribution is -0.124. The number of halogens is 4. The molecule has 8 heteroatoms. The van der Waals surface area contributed by atoms with Crippen molar-refractivity contribution in [1.82, 2.24) is 0 Å². The fraction of sp³-hybridized carbons (Fsp3) is 0.200. The molecule has 0 aromatic heterocycles. The van der Waals surface area contributed by atoms with Gasteiger partial charge in [-0.2, -0.15) is 13.2 Å². The Hall–Kier alpha value is -1.54. The average Bonchev–Trinajstić information content (AvgIpc) is 2.46. The zero-order valence-electron chi connectivity index (χ0n) is 11.6. The van der Waals surface area contributed by atoms with Gasteiger partial charge in [-0.3, -0.25) is 0 Å². The van der Waals surface area contributed by atoms with E-state index in [-0.39, 0.29) is 10.6 Å². The van der Waals surface area contributed by atoms with Gasteiger partial charge in [0.15, 0.2) is 0 Å². The molecule has 2 nitrogen and oxygen atoms in total. The molecule has 124 valence electrons. The molecule has 2 atom stereocenters. The summed E-state index contributed by atoms with van der Waals surface area (Å²) >= 11 is -1.75. The van der Waals surface area contributed by atoms with E-state index in [0.717, 1.165) is 12.1 Å². The van der Waals surface area contributed by atoms with Crippen molar-refractivity contribution in [3.05, 3.63) is 60.4 Å². The molecule has 0 aliphatic carbocycles. The van der Waals surface area contributed by atoms with Crippen LogP contribution >= 0.6 is 11.8 Å². The van der Waals surface area contributed by atoms with Crippen LogP contribution in [-0.2, 0) is 11.1 Å². The Morgan fingerprint density at radius 2 is 1.78 bits per heavy atom. The Bertz CT molecular complexity index is 662. The predicted octanol–water partition coefficient (Wildman–Crippen LogP) is 4.59. The molecule has 0 radical (unpaired) electrons. The van der Waals surface area contributed by atoms with Gasteiger partial charge in [0.05, 0.1) is 5.75 Å². The molecule has 0 bridgehead atoms. The molecule has 0 aliphatic heterocycles. The van der Waals surface area contributed by atoms with E-state index >= 15 is 0 Å². The van der Waals surface area contributed by atoms with Gasteiger partial charge in [0.2, 0.25) is 11.1 Å². The molecular weight excluding hydrogens is 352 g/mol. The van der Waals surface area contributed by atoms with Crippen LogP contribution < -0.4 is 4.18 Å². The number of para-hydroxylation sites is 1. The molecule has 0 spiro atoms. The lowest BCUT2D eigenvalue weighted by Crippen LogP contribution is -2.32. The second kappa shape index (κ2) is 7.83. The zero-order valence-corrected chi connectivity index (χ0v) is 13.3. The Labute approximate surface area is 137 Å². The van der Waals surface area contributed by atoms with E-state index in [2.05, 4.69) is 0 Å². The minimum absolute atomic E-state index is 0.115. The lowest BCUT2D eigenvalue weighted by atomic mass is 10.3. The summed E-state index contributed by atoms with van der Waals surface area (Å²) in [6.45, 7) is 0. The summed E-state index contributed by atoms with van der Waals surface area (Å²) in [6.07, 6.45) is -4.59. The number of rotatable bonds is 6. The van der Waals surface area contributed by atoms with Gasteiger partial charge in [0, 0.05) is 4.90 Å². The summed E-state index contributed by atoms with van der Waals surface area (Å²) in [4.78, 5) is 0.115. The SMILES string of the molecule is O=S(C[C@@H](Sc1cccc(F)c1)C(F)(F)F)Oc1ccccc1. The summed E-state index contributed by atoms with van der Waals surface area (Å²) in [6, 6.07) is 12.8. The maximum atomic E-state index is 13.1. The van der Waals surface area contributed by atoms with Crippen molar-refractivity contribution in [3.63, 3.8) is 0 Å². The summed E-state index contributed by atoms with van der Waals surface area (Å²) in [5.74, 6) is -1.15. The van der Waals surface area contributed by atoms with E-state index in [1.54, 1.807) is 18.2 Å². The minimum Gasteiger partial charge on any atom is -0.401 e. The van der Waals surface area contributed by atoms with Gasteiger partial charge in [-0.1, -0.05) is 24.3 Å². The summed E-state index contributed by atoms with van der Waals surface area (Å²) in [7, 11) is 0. The van der Waals surface area contributed by atoms with Crippen LogP contribution in [0.1, 0.15) is 0 Å². The van der Waals surface area contributed by atoms with Crippen LogP contribution in [0.15, 0.2) is 59.5 Å². The van der Waals surface area contributed by atoms with E-state index in [0.29, 0.717) is 11.8 Å². The molecule has 0 aliphatic rings. The second-order valence-corrected chi connectivity index (χ2v) is 6.86. The monoisotopic (exact) mass is 364 g/mol. The van der Waals surface area contributed by atoms with Gasteiger partial charge in [0.1, 0.15) is 16.8 Å². The Morgan fingerprint density at radius 3 is 2.39 bits per heavy atom. The number of alkyl halides is 3. The highest BCUT2D eigenvalue weighted by atomic mass is 32.2. The first-order valence-electron chi connectivity index (χ1n) is 6.45. The Morgan fingerprint density at radius 1 is 1.09 bits per heavy atom. The van der Waals surface area contributed by atoms with Gasteiger partial charge < -0.3 is 4.18 Å². The van der Waals surface area contributed by atoms with Crippen molar-refractivity contribution in [2.75, 3.05) is 5.75 Å². The summed E-state index contributed by atoms with van der Waals surface area (Å²) < 4.78 is 69.2. The third kappa shape index (κ3) is 5.87. The molecule has 23 heavy (non-hydrogen) atoms. The maximum absolute atomic E-state index is 13.1. The maximum Gasteiger partial charge on any atom is 0.401 e. The van der Waals surface area contributed by atoms with Crippen LogP contribution in [-0.4, -0.2) is 21.4 Å². The van der Waals surface area contributed by atoms with Crippen molar-refractivity contribution >= 4 is 22.8 Å². The van der Waals surface area contributed by atoms with Crippen LogP contribution in [0.5, 0.6) is 5.75 Å². The normalized spacial score (nSPS) is 14.3. The topological polar surface area (TPSA) is 26.3 Å². The van der Waals surface area contributed by atoms with E-state index in [1.807, 2.05) is 0 Å². The highest BCUT2D eigenvalue weighted by molar-refractivity contribution is 8.00. The average molecular weight is 364 g/mol. The van der Waals surface area contributed by atoms with Crippen molar-refractivity contribution in [1.29, 1.82) is 0 Å². The van der Waals surface area contributed by atoms with E-state index in [4.69, 9.17) is 4.18 Å². The third-order valence-electron chi connectivity index (χ3n) is 2.66. The molecule has 0 saturated heterocycles. The third-order valence-corrected chi connectivity index (χ3v) is 5.10. The van der Waals surface area contributed by atoms with Crippen LogP contribution in [0.25, 0.3) is 0 Å².